The number of fused-ring (bicyclic) bond motifs is 2. The van der Waals surface area contributed by atoms with Crippen molar-refractivity contribution in [1.82, 2.24) is 9.55 Å². The number of aryl methyl sites for hydroxylation is 1. The number of carbonyl (C=O) groups is 2. The molecule has 0 aliphatic carbocycles. The fourth-order valence-corrected chi connectivity index (χ4v) is 5.05. The van der Waals surface area contributed by atoms with Gasteiger partial charge in [0.2, 0.25) is 0 Å². The van der Waals surface area contributed by atoms with Crippen LogP contribution in [0, 0.1) is 18.3 Å². The van der Waals surface area contributed by atoms with Crippen molar-refractivity contribution in [2.75, 3.05) is 14.2 Å². The van der Waals surface area contributed by atoms with Crippen LogP contribution in [-0.4, -0.2) is 41.4 Å². The summed E-state index contributed by atoms with van der Waals surface area (Å²) in [6.45, 7) is 9.46. The van der Waals surface area contributed by atoms with Crippen LogP contribution in [0.5, 0.6) is 5.75 Å². The van der Waals surface area contributed by atoms with Gasteiger partial charge < -0.3 is 19.2 Å². The first kappa shape index (κ1) is 26.8. The molecule has 0 bridgehead atoms. The van der Waals surface area contributed by atoms with E-state index in [0.717, 1.165) is 33.1 Å². The van der Waals surface area contributed by atoms with Crippen molar-refractivity contribution in [2.24, 2.45) is 0 Å². The number of rotatable bonds is 6. The number of nitrogens with zero attached hydrogens (tertiary/aromatic N) is 2. The van der Waals surface area contributed by atoms with Gasteiger partial charge in [0, 0.05) is 45.6 Å². The number of aromatic nitrogens is 2. The molecule has 0 aliphatic heterocycles. The summed E-state index contributed by atoms with van der Waals surface area (Å²) in [5, 5.41) is 11.1. The molecule has 0 amide bonds. The summed E-state index contributed by atoms with van der Waals surface area (Å²) in [5.41, 5.74) is 3.26. The lowest BCUT2D eigenvalue weighted by Crippen LogP contribution is -2.28. The number of ether oxygens (including phenoxy) is 3. The van der Waals surface area contributed by atoms with Crippen LogP contribution in [0.2, 0.25) is 0 Å². The molecule has 1 atom stereocenters. The fraction of sp³-hybridized carbons (Fsp3) is 0.367. The molecule has 0 aliphatic rings. The third-order valence-electron chi connectivity index (χ3n) is 6.89. The Morgan fingerprint density at radius 1 is 1.08 bits per heavy atom. The van der Waals surface area contributed by atoms with Gasteiger partial charge in [0.15, 0.2) is 0 Å². The van der Waals surface area contributed by atoms with Crippen LogP contribution in [0.25, 0.3) is 21.8 Å². The van der Waals surface area contributed by atoms with Crippen LogP contribution in [0.3, 0.4) is 0 Å². The van der Waals surface area contributed by atoms with Gasteiger partial charge >= 0.3 is 12.1 Å². The maximum absolute atomic E-state index is 13.1. The van der Waals surface area contributed by atoms with E-state index in [1.54, 1.807) is 19.4 Å². The van der Waals surface area contributed by atoms with E-state index in [-0.39, 0.29) is 12.4 Å². The average Bonchev–Trinajstić information content (AvgIpc) is 3.50. The fourth-order valence-electron chi connectivity index (χ4n) is 5.05. The minimum absolute atomic E-state index is 0.164. The zero-order valence-corrected chi connectivity index (χ0v) is 22.9. The van der Waals surface area contributed by atoms with Gasteiger partial charge in [-0.25, -0.2) is 4.79 Å². The number of nitrogens with one attached hydrogen (secondary N) is 1. The van der Waals surface area contributed by atoms with Crippen molar-refractivity contribution < 1.29 is 23.8 Å². The third kappa shape index (κ3) is 4.84. The standard InChI is InChI=1S/C30H33N3O5/c1-18-14-23(36-6)26(21-11-13-33(27(18)21)28(35)38-29(2,3)4)30(5,12-10-25(34)37-7)24-16-20-15-19(17-31)8-9-22(20)32-24/h8-9,11,13-16,32H,10,12H2,1-7H3. The number of esters is 1. The monoisotopic (exact) mass is 515 g/mol. The highest BCUT2D eigenvalue weighted by atomic mass is 16.6. The Morgan fingerprint density at radius 2 is 1.82 bits per heavy atom. The van der Waals surface area contributed by atoms with Crippen molar-refractivity contribution in [2.45, 2.75) is 58.5 Å². The van der Waals surface area contributed by atoms with E-state index in [0.29, 0.717) is 23.3 Å². The van der Waals surface area contributed by atoms with Crippen molar-refractivity contribution in [3.63, 3.8) is 0 Å². The zero-order chi connectivity index (χ0) is 27.8. The molecule has 4 rings (SSSR count). The zero-order valence-electron chi connectivity index (χ0n) is 22.9. The number of methoxy groups -OCH3 is 2. The first-order chi connectivity index (χ1) is 17.9. The molecule has 4 aromatic rings. The summed E-state index contributed by atoms with van der Waals surface area (Å²) in [4.78, 5) is 28.9. The summed E-state index contributed by atoms with van der Waals surface area (Å²) >= 11 is 0. The quantitative estimate of drug-likeness (QED) is 0.300. The first-order valence-electron chi connectivity index (χ1n) is 12.4. The van der Waals surface area contributed by atoms with Gasteiger partial charge in [-0.05, 0) is 83.0 Å². The molecule has 1 unspecified atom stereocenters. The van der Waals surface area contributed by atoms with Crippen molar-refractivity contribution >= 4 is 33.9 Å². The molecule has 8 nitrogen and oxygen atoms in total. The van der Waals surface area contributed by atoms with E-state index in [4.69, 9.17) is 14.2 Å². The minimum Gasteiger partial charge on any atom is -0.496 e. The second-order valence-electron chi connectivity index (χ2n) is 10.7. The Morgan fingerprint density at radius 3 is 2.45 bits per heavy atom. The number of hydrogen-bond donors (Lipinski definition) is 1. The second-order valence-corrected chi connectivity index (χ2v) is 10.7. The summed E-state index contributed by atoms with van der Waals surface area (Å²) in [7, 11) is 2.98. The van der Waals surface area contributed by atoms with Gasteiger partial charge in [-0.3, -0.25) is 9.36 Å². The summed E-state index contributed by atoms with van der Waals surface area (Å²) < 4.78 is 18.1. The Hall–Kier alpha value is -4.25. The van der Waals surface area contributed by atoms with E-state index in [2.05, 4.69) is 11.1 Å². The van der Waals surface area contributed by atoms with E-state index in [9.17, 15) is 14.9 Å². The molecule has 38 heavy (non-hydrogen) atoms. The Balaban J connectivity index is 1.99. The van der Waals surface area contributed by atoms with Crippen molar-refractivity contribution in [1.29, 1.82) is 5.26 Å². The SMILES string of the molecule is COC(=O)CCC(C)(c1cc2cc(C#N)ccc2[nH]1)c1c(OC)cc(C)c2c1ccn2C(=O)OC(C)(C)C. The van der Waals surface area contributed by atoms with Gasteiger partial charge in [-0.1, -0.05) is 0 Å². The normalized spacial score (nSPS) is 13.2. The molecular formula is C30H33N3O5. The molecule has 2 aromatic carbocycles. The summed E-state index contributed by atoms with van der Waals surface area (Å²) in [6, 6.07) is 13.4. The smallest absolute Gasteiger partial charge is 0.419 e. The van der Waals surface area contributed by atoms with Crippen LogP contribution in [0.15, 0.2) is 42.6 Å². The topological polar surface area (TPSA) is 106 Å². The lowest BCUT2D eigenvalue weighted by atomic mass is 9.73. The predicted molar refractivity (Wildman–Crippen MR) is 146 cm³/mol. The molecule has 2 aromatic heterocycles. The highest BCUT2D eigenvalue weighted by molar-refractivity contribution is 5.96. The number of nitriles is 1. The Bertz CT molecular complexity index is 1580. The van der Waals surface area contributed by atoms with E-state index in [1.165, 1.54) is 11.7 Å². The molecule has 0 spiro atoms. The summed E-state index contributed by atoms with van der Waals surface area (Å²) in [6.07, 6.45) is 1.80. The molecule has 8 heteroatoms. The van der Waals surface area contributed by atoms with Gasteiger partial charge in [0.25, 0.3) is 0 Å². The molecule has 1 N–H and O–H groups in total. The van der Waals surface area contributed by atoms with Gasteiger partial charge in [-0.15, -0.1) is 0 Å². The Labute approximate surface area is 222 Å². The number of aromatic amines is 1. The second kappa shape index (κ2) is 9.90. The number of hydrogen-bond acceptors (Lipinski definition) is 6. The number of H-pyrrole nitrogens is 1. The molecule has 2 heterocycles. The van der Waals surface area contributed by atoms with E-state index < -0.39 is 17.1 Å². The van der Waals surface area contributed by atoms with Crippen molar-refractivity contribution in [3.05, 3.63) is 65.0 Å². The molecule has 0 radical (unpaired) electrons. The molecule has 0 saturated carbocycles. The largest absolute Gasteiger partial charge is 0.496 e. The van der Waals surface area contributed by atoms with Crippen LogP contribution >= 0.6 is 0 Å². The van der Waals surface area contributed by atoms with E-state index in [1.807, 2.05) is 65.0 Å². The molecular weight excluding hydrogens is 482 g/mol. The van der Waals surface area contributed by atoms with Gasteiger partial charge in [0.05, 0.1) is 31.4 Å². The highest BCUT2D eigenvalue weighted by Gasteiger charge is 2.37. The maximum Gasteiger partial charge on any atom is 0.419 e. The number of carbonyl (C=O) groups excluding carboxylic acids is 2. The molecule has 198 valence electrons. The highest BCUT2D eigenvalue weighted by Crippen LogP contribution is 2.46. The number of benzene rings is 2. The Kier molecular flexibility index (Phi) is 6.98. The molecule has 0 saturated heterocycles. The molecule has 0 fully saturated rings. The van der Waals surface area contributed by atoms with E-state index >= 15 is 0 Å². The van der Waals surface area contributed by atoms with Crippen molar-refractivity contribution in [3.8, 4) is 11.8 Å². The van der Waals surface area contributed by atoms with Crippen LogP contribution < -0.4 is 4.74 Å². The van der Waals surface area contributed by atoms with Crippen LogP contribution in [0.1, 0.15) is 62.9 Å². The lowest BCUT2D eigenvalue weighted by Gasteiger charge is -2.32. The van der Waals surface area contributed by atoms with Gasteiger partial charge in [0.1, 0.15) is 11.4 Å². The predicted octanol–water partition coefficient (Wildman–Crippen LogP) is 6.35. The van der Waals surface area contributed by atoms with Crippen LogP contribution in [0.4, 0.5) is 4.79 Å². The third-order valence-corrected chi connectivity index (χ3v) is 6.89. The maximum atomic E-state index is 13.1. The average molecular weight is 516 g/mol. The first-order valence-corrected chi connectivity index (χ1v) is 12.4. The minimum atomic E-state index is -0.753. The lowest BCUT2D eigenvalue weighted by molar-refractivity contribution is -0.140. The van der Waals surface area contributed by atoms with Gasteiger partial charge in [-0.2, -0.15) is 5.26 Å². The van der Waals surface area contributed by atoms with Crippen LogP contribution in [-0.2, 0) is 19.7 Å². The summed E-state index contributed by atoms with van der Waals surface area (Å²) in [5.74, 6) is 0.313.